The van der Waals surface area contributed by atoms with Crippen LogP contribution in [0.15, 0.2) is 23.8 Å². The summed E-state index contributed by atoms with van der Waals surface area (Å²) in [6.45, 7) is 6.07. The van der Waals surface area contributed by atoms with Gasteiger partial charge in [-0.05, 0) is 73.3 Å². The lowest BCUT2D eigenvalue weighted by Gasteiger charge is -2.60. The van der Waals surface area contributed by atoms with Gasteiger partial charge in [0.25, 0.3) is 0 Å². The van der Waals surface area contributed by atoms with E-state index >= 15 is 0 Å². The Kier molecular flexibility index (Phi) is 4.72. The molecule has 0 bridgehead atoms. The van der Waals surface area contributed by atoms with Crippen LogP contribution < -0.4 is 0 Å². The first-order valence-corrected chi connectivity index (χ1v) is 12.1. The molecule has 174 valence electrons. The third-order valence-corrected chi connectivity index (χ3v) is 10.2. The van der Waals surface area contributed by atoms with Crippen LogP contribution in [0.2, 0.25) is 0 Å². The molecule has 0 aromatic heterocycles. The zero-order valence-electron chi connectivity index (χ0n) is 19.2. The minimum absolute atomic E-state index is 0.0544. The molecule has 6 nitrogen and oxygen atoms in total. The number of rotatable bonds is 2. The molecule has 0 aromatic carbocycles. The van der Waals surface area contributed by atoms with Crippen molar-refractivity contribution in [3.63, 3.8) is 0 Å². The van der Waals surface area contributed by atoms with E-state index in [4.69, 9.17) is 4.74 Å². The monoisotopic (exact) mass is 442 g/mol. The number of ketones is 2. The molecule has 5 aliphatic rings. The highest BCUT2D eigenvalue weighted by atomic mass is 16.6. The predicted molar refractivity (Wildman–Crippen MR) is 116 cm³/mol. The summed E-state index contributed by atoms with van der Waals surface area (Å²) in [4.78, 5) is 37.6. The van der Waals surface area contributed by atoms with E-state index in [2.05, 4.69) is 19.1 Å². The number of ether oxygens (including phenoxy) is 1. The van der Waals surface area contributed by atoms with E-state index in [1.54, 1.807) is 6.92 Å². The SMILES string of the molecule is CC[C@]1([C@]2(O)CC[C@H]3[C@@H]4C=CC5=CC(=O)CC[C@]5(C)[C@H]4CC[C@@]32C)OC(=O)CC(O)C1=O. The number of aliphatic hydroxyl groups is 2. The van der Waals surface area contributed by atoms with Crippen molar-refractivity contribution in [3.05, 3.63) is 23.8 Å². The lowest BCUT2D eigenvalue weighted by atomic mass is 9.46. The zero-order chi connectivity index (χ0) is 23.1. The summed E-state index contributed by atoms with van der Waals surface area (Å²) >= 11 is 0. The maximum atomic E-state index is 13.2. The fraction of sp³-hybridized carbons (Fsp3) is 0.731. The normalized spacial score (nSPS) is 50.3. The third kappa shape index (κ3) is 2.51. The standard InChI is InChI=1S/C26H34O6/c1-4-25(22(30)20(28)14-21(29)32-25)26(31)12-9-19-17-6-5-15-13-16(27)7-10-23(15,2)18(17)8-11-24(19,26)3/h5-6,13,17-20,28,31H,4,7-12,14H2,1-3H3/t17-,18+,19+,20?,23+,24+,25+,26+/m1/s1. The molecule has 0 spiro atoms. The van der Waals surface area contributed by atoms with Gasteiger partial charge in [-0.2, -0.15) is 0 Å². The van der Waals surface area contributed by atoms with Crippen LogP contribution in [-0.4, -0.2) is 45.1 Å². The Morgan fingerprint density at radius 3 is 2.53 bits per heavy atom. The Balaban J connectivity index is 1.56. The van der Waals surface area contributed by atoms with Gasteiger partial charge in [-0.25, -0.2) is 0 Å². The maximum Gasteiger partial charge on any atom is 0.309 e. The van der Waals surface area contributed by atoms with Crippen LogP contribution in [0.3, 0.4) is 0 Å². The Labute approximate surface area is 189 Å². The average Bonchev–Trinajstić information content (AvgIpc) is 3.03. The van der Waals surface area contributed by atoms with E-state index in [0.717, 1.165) is 24.8 Å². The summed E-state index contributed by atoms with van der Waals surface area (Å²) in [5, 5.41) is 22.6. The largest absolute Gasteiger partial charge is 0.448 e. The van der Waals surface area contributed by atoms with Crippen LogP contribution in [0.1, 0.15) is 72.1 Å². The molecule has 6 heteroatoms. The molecular weight excluding hydrogens is 408 g/mol. The van der Waals surface area contributed by atoms with Gasteiger partial charge in [0.1, 0.15) is 11.7 Å². The highest BCUT2D eigenvalue weighted by Crippen LogP contribution is 2.68. The number of hydrogen-bond donors (Lipinski definition) is 2. The van der Waals surface area contributed by atoms with Gasteiger partial charge >= 0.3 is 5.97 Å². The van der Waals surface area contributed by atoms with E-state index in [9.17, 15) is 24.6 Å². The Morgan fingerprint density at radius 1 is 1.09 bits per heavy atom. The van der Waals surface area contributed by atoms with E-state index in [-0.39, 0.29) is 35.9 Å². The van der Waals surface area contributed by atoms with E-state index in [0.29, 0.717) is 25.2 Å². The zero-order valence-corrected chi connectivity index (χ0v) is 19.2. The molecule has 0 amide bonds. The van der Waals surface area contributed by atoms with Crippen molar-refractivity contribution in [2.75, 3.05) is 0 Å². The molecule has 2 saturated carbocycles. The topological polar surface area (TPSA) is 101 Å². The lowest BCUT2D eigenvalue weighted by Crippen LogP contribution is -2.71. The van der Waals surface area contributed by atoms with Crippen molar-refractivity contribution in [1.82, 2.24) is 0 Å². The number of Topliss-reactive ketones (excluding diaryl/α,β-unsaturated/α-hetero) is 1. The summed E-state index contributed by atoms with van der Waals surface area (Å²) in [5.41, 5.74) is -2.78. The highest BCUT2D eigenvalue weighted by Gasteiger charge is 2.73. The van der Waals surface area contributed by atoms with Gasteiger partial charge in [0, 0.05) is 11.8 Å². The predicted octanol–water partition coefficient (Wildman–Crippen LogP) is 3.05. The van der Waals surface area contributed by atoms with E-state index in [1.165, 1.54) is 0 Å². The number of allylic oxidation sites excluding steroid dienone is 4. The van der Waals surface area contributed by atoms with Crippen LogP contribution in [0.4, 0.5) is 0 Å². The molecule has 1 unspecified atom stereocenters. The highest BCUT2D eigenvalue weighted by molar-refractivity contribution is 5.99. The number of aliphatic hydroxyl groups excluding tert-OH is 1. The molecule has 5 rings (SSSR count). The smallest absolute Gasteiger partial charge is 0.309 e. The molecule has 1 saturated heterocycles. The van der Waals surface area contributed by atoms with Gasteiger partial charge in [-0.1, -0.05) is 32.9 Å². The minimum Gasteiger partial charge on any atom is -0.448 e. The van der Waals surface area contributed by atoms with Crippen molar-refractivity contribution in [2.24, 2.45) is 28.6 Å². The quantitative estimate of drug-likeness (QED) is 0.638. The van der Waals surface area contributed by atoms with Gasteiger partial charge < -0.3 is 14.9 Å². The first-order valence-electron chi connectivity index (χ1n) is 12.1. The number of hydrogen-bond acceptors (Lipinski definition) is 6. The van der Waals surface area contributed by atoms with Gasteiger partial charge in [0.05, 0.1) is 6.42 Å². The molecule has 0 aromatic rings. The fourth-order valence-electron chi connectivity index (χ4n) is 8.31. The van der Waals surface area contributed by atoms with Crippen molar-refractivity contribution in [2.45, 2.75) is 89.4 Å². The van der Waals surface area contributed by atoms with Crippen LogP contribution in [-0.2, 0) is 19.1 Å². The van der Waals surface area contributed by atoms with E-state index < -0.39 is 34.5 Å². The number of esters is 1. The maximum absolute atomic E-state index is 13.2. The molecule has 8 atom stereocenters. The van der Waals surface area contributed by atoms with Gasteiger partial charge in [-0.15, -0.1) is 0 Å². The summed E-state index contributed by atoms with van der Waals surface area (Å²) in [6, 6.07) is 0. The fourth-order valence-corrected chi connectivity index (χ4v) is 8.31. The Bertz CT molecular complexity index is 950. The third-order valence-electron chi connectivity index (χ3n) is 10.2. The van der Waals surface area contributed by atoms with Crippen molar-refractivity contribution >= 4 is 17.5 Å². The van der Waals surface area contributed by atoms with Crippen molar-refractivity contribution in [3.8, 4) is 0 Å². The molecule has 1 heterocycles. The average molecular weight is 443 g/mol. The minimum atomic E-state index is -1.71. The van der Waals surface area contributed by atoms with Crippen LogP contribution in [0.5, 0.6) is 0 Å². The molecule has 1 aliphatic heterocycles. The number of cyclic esters (lactones) is 1. The first-order chi connectivity index (χ1) is 15.0. The van der Waals surface area contributed by atoms with Crippen LogP contribution >= 0.6 is 0 Å². The summed E-state index contributed by atoms with van der Waals surface area (Å²) in [6.07, 6.45) is 8.59. The summed E-state index contributed by atoms with van der Waals surface area (Å²) < 4.78 is 5.70. The molecule has 4 aliphatic carbocycles. The van der Waals surface area contributed by atoms with Crippen molar-refractivity contribution < 1.29 is 29.3 Å². The second-order valence-corrected chi connectivity index (χ2v) is 11.2. The first kappa shape index (κ1) is 22.0. The van der Waals surface area contributed by atoms with Crippen LogP contribution in [0.25, 0.3) is 0 Å². The molecule has 32 heavy (non-hydrogen) atoms. The van der Waals surface area contributed by atoms with Gasteiger partial charge in [-0.3, -0.25) is 14.4 Å². The molecule has 3 fully saturated rings. The second-order valence-electron chi connectivity index (χ2n) is 11.2. The number of fused-ring (bicyclic) bond motifs is 5. The molecule has 0 radical (unpaired) electrons. The van der Waals surface area contributed by atoms with Gasteiger partial charge in [0.2, 0.25) is 11.4 Å². The van der Waals surface area contributed by atoms with Crippen molar-refractivity contribution in [1.29, 1.82) is 0 Å². The summed E-state index contributed by atoms with van der Waals surface area (Å²) in [7, 11) is 0. The van der Waals surface area contributed by atoms with Crippen LogP contribution in [0, 0.1) is 28.6 Å². The Morgan fingerprint density at radius 2 is 1.81 bits per heavy atom. The lowest BCUT2D eigenvalue weighted by molar-refractivity contribution is -0.244. The second kappa shape index (κ2) is 6.86. The number of carbonyl (C=O) groups excluding carboxylic acids is 3. The Hall–Kier alpha value is -1.79. The number of carbonyl (C=O) groups is 3. The molecule has 2 N–H and O–H groups in total. The van der Waals surface area contributed by atoms with Gasteiger partial charge in [0.15, 0.2) is 5.78 Å². The molecular formula is C26H34O6. The summed E-state index contributed by atoms with van der Waals surface area (Å²) in [5.74, 6) is -0.260. The van der Waals surface area contributed by atoms with E-state index in [1.807, 2.05) is 13.0 Å².